The fourth-order valence-corrected chi connectivity index (χ4v) is 2.72. The third-order valence-corrected chi connectivity index (χ3v) is 4.12. The maximum Gasteiger partial charge on any atom is 0.118 e. The molecule has 0 aliphatic carbocycles. The molecule has 2 rings (SSSR count). The summed E-state index contributed by atoms with van der Waals surface area (Å²) in [6.07, 6.45) is 2.52. The average molecular weight is 279 g/mol. The van der Waals surface area contributed by atoms with Gasteiger partial charge < -0.3 is 14.6 Å². The van der Waals surface area contributed by atoms with E-state index in [1.54, 1.807) is 0 Å². The van der Waals surface area contributed by atoms with Crippen LogP contribution in [0.25, 0.3) is 0 Å². The summed E-state index contributed by atoms with van der Waals surface area (Å²) in [5.41, 5.74) is 0. The Bertz CT molecular complexity index is 394. The standard InChI is InChI=1S/C16H29N3O/c1-13(2)17-11-15-5-6-16(20-15)12-19(4)14-7-9-18(3)10-8-14/h5-6,13-14,17H,7-12H2,1-4H3. The lowest BCUT2D eigenvalue weighted by Crippen LogP contribution is -2.41. The topological polar surface area (TPSA) is 31.6 Å². The fraction of sp³-hybridized carbons (Fsp3) is 0.750. The van der Waals surface area contributed by atoms with Crippen LogP contribution in [-0.2, 0) is 13.1 Å². The Hall–Kier alpha value is -0.840. The van der Waals surface area contributed by atoms with Crippen LogP contribution >= 0.6 is 0 Å². The first-order chi connectivity index (χ1) is 9.54. The van der Waals surface area contributed by atoms with Crippen molar-refractivity contribution >= 4 is 0 Å². The molecular weight excluding hydrogens is 250 g/mol. The molecule has 4 heteroatoms. The third-order valence-electron chi connectivity index (χ3n) is 4.12. The molecule has 1 aliphatic heterocycles. The zero-order chi connectivity index (χ0) is 14.5. The van der Waals surface area contributed by atoms with Gasteiger partial charge in [-0.25, -0.2) is 0 Å². The molecule has 0 radical (unpaired) electrons. The quantitative estimate of drug-likeness (QED) is 0.866. The molecule has 1 fully saturated rings. The molecule has 1 aromatic heterocycles. The van der Waals surface area contributed by atoms with Crippen molar-refractivity contribution in [3.63, 3.8) is 0 Å². The van der Waals surface area contributed by atoms with Crippen molar-refractivity contribution in [2.75, 3.05) is 27.2 Å². The Kier molecular flexibility index (Phi) is 5.64. The monoisotopic (exact) mass is 279 g/mol. The highest BCUT2D eigenvalue weighted by molar-refractivity contribution is 5.07. The van der Waals surface area contributed by atoms with Gasteiger partial charge in [0, 0.05) is 12.1 Å². The summed E-state index contributed by atoms with van der Waals surface area (Å²) in [5, 5.41) is 3.38. The van der Waals surface area contributed by atoms with Crippen LogP contribution in [0.1, 0.15) is 38.2 Å². The van der Waals surface area contributed by atoms with Gasteiger partial charge in [-0.2, -0.15) is 0 Å². The Labute approximate surface area is 123 Å². The molecule has 4 nitrogen and oxygen atoms in total. The lowest BCUT2D eigenvalue weighted by molar-refractivity contribution is 0.132. The molecule has 1 aliphatic rings. The van der Waals surface area contributed by atoms with E-state index in [1.807, 2.05) is 0 Å². The Morgan fingerprint density at radius 1 is 1.30 bits per heavy atom. The molecule has 1 N–H and O–H groups in total. The van der Waals surface area contributed by atoms with Crippen LogP contribution in [0.15, 0.2) is 16.5 Å². The minimum absolute atomic E-state index is 0.491. The number of piperidine rings is 1. The van der Waals surface area contributed by atoms with Gasteiger partial charge in [0.05, 0.1) is 13.1 Å². The molecule has 0 spiro atoms. The summed E-state index contributed by atoms with van der Waals surface area (Å²) in [6.45, 7) is 8.44. The van der Waals surface area contributed by atoms with Gasteiger partial charge in [0.25, 0.3) is 0 Å². The number of rotatable bonds is 6. The summed E-state index contributed by atoms with van der Waals surface area (Å²) in [5.74, 6) is 2.11. The number of hydrogen-bond donors (Lipinski definition) is 1. The second-order valence-corrected chi connectivity index (χ2v) is 6.35. The smallest absolute Gasteiger partial charge is 0.118 e. The number of nitrogens with zero attached hydrogens (tertiary/aromatic N) is 2. The largest absolute Gasteiger partial charge is 0.463 e. The zero-order valence-electron chi connectivity index (χ0n) is 13.4. The van der Waals surface area contributed by atoms with E-state index in [0.717, 1.165) is 24.6 Å². The van der Waals surface area contributed by atoms with E-state index in [0.29, 0.717) is 12.1 Å². The molecule has 1 saturated heterocycles. The molecule has 0 saturated carbocycles. The first-order valence-electron chi connectivity index (χ1n) is 7.74. The second-order valence-electron chi connectivity index (χ2n) is 6.35. The Balaban J connectivity index is 1.80. The van der Waals surface area contributed by atoms with Gasteiger partial charge in [-0.1, -0.05) is 13.8 Å². The minimum Gasteiger partial charge on any atom is -0.463 e. The highest BCUT2D eigenvalue weighted by atomic mass is 16.3. The molecule has 2 heterocycles. The van der Waals surface area contributed by atoms with Crippen molar-refractivity contribution in [1.29, 1.82) is 0 Å². The van der Waals surface area contributed by atoms with Gasteiger partial charge in [-0.15, -0.1) is 0 Å². The summed E-state index contributed by atoms with van der Waals surface area (Å²) in [4.78, 5) is 4.85. The van der Waals surface area contributed by atoms with Gasteiger partial charge in [0.15, 0.2) is 0 Å². The van der Waals surface area contributed by atoms with Gasteiger partial charge in [-0.05, 0) is 52.2 Å². The molecule has 20 heavy (non-hydrogen) atoms. The maximum absolute atomic E-state index is 5.90. The molecule has 1 aromatic rings. The molecule has 0 amide bonds. The summed E-state index contributed by atoms with van der Waals surface area (Å²) in [7, 11) is 4.42. The molecule has 0 unspecified atom stereocenters. The number of nitrogens with one attached hydrogen (secondary N) is 1. The van der Waals surface area contributed by atoms with Gasteiger partial charge in [0.2, 0.25) is 0 Å². The van der Waals surface area contributed by atoms with E-state index in [4.69, 9.17) is 4.42 Å². The first kappa shape index (κ1) is 15.5. The summed E-state index contributed by atoms with van der Waals surface area (Å²) < 4.78 is 5.90. The van der Waals surface area contributed by atoms with Gasteiger partial charge >= 0.3 is 0 Å². The van der Waals surface area contributed by atoms with Crippen molar-refractivity contribution in [3.05, 3.63) is 23.7 Å². The van der Waals surface area contributed by atoms with Crippen molar-refractivity contribution in [3.8, 4) is 0 Å². The van der Waals surface area contributed by atoms with E-state index in [1.165, 1.54) is 25.9 Å². The summed E-state index contributed by atoms with van der Waals surface area (Å²) >= 11 is 0. The molecule has 0 atom stereocenters. The number of hydrogen-bond acceptors (Lipinski definition) is 4. The van der Waals surface area contributed by atoms with Crippen LogP contribution in [0, 0.1) is 0 Å². The number of furan rings is 1. The Morgan fingerprint density at radius 3 is 2.60 bits per heavy atom. The molecule has 0 bridgehead atoms. The molecule has 0 aromatic carbocycles. The lowest BCUT2D eigenvalue weighted by atomic mass is 10.0. The van der Waals surface area contributed by atoms with Crippen molar-refractivity contribution in [2.24, 2.45) is 0 Å². The average Bonchev–Trinajstić information content (AvgIpc) is 2.84. The predicted molar refractivity (Wildman–Crippen MR) is 82.7 cm³/mol. The van der Waals surface area contributed by atoms with Crippen molar-refractivity contribution < 1.29 is 4.42 Å². The summed E-state index contributed by atoms with van der Waals surface area (Å²) in [6, 6.07) is 5.38. The lowest BCUT2D eigenvalue weighted by Gasteiger charge is -2.34. The van der Waals surface area contributed by atoms with Crippen LogP contribution < -0.4 is 5.32 Å². The third kappa shape index (κ3) is 4.62. The molecular formula is C16H29N3O. The fourth-order valence-electron chi connectivity index (χ4n) is 2.72. The zero-order valence-corrected chi connectivity index (χ0v) is 13.4. The maximum atomic E-state index is 5.90. The normalized spacial score (nSPS) is 18.3. The second kappa shape index (κ2) is 7.25. The van der Waals surface area contributed by atoms with E-state index < -0.39 is 0 Å². The minimum atomic E-state index is 0.491. The van der Waals surface area contributed by atoms with Gasteiger partial charge in [0.1, 0.15) is 11.5 Å². The SMILES string of the molecule is CC(C)NCc1ccc(CN(C)C2CCN(C)CC2)o1. The highest BCUT2D eigenvalue weighted by Crippen LogP contribution is 2.17. The van der Waals surface area contributed by atoms with Gasteiger partial charge in [-0.3, -0.25) is 4.90 Å². The Morgan fingerprint density at radius 2 is 1.95 bits per heavy atom. The first-order valence-corrected chi connectivity index (χ1v) is 7.74. The van der Waals surface area contributed by atoms with E-state index in [2.05, 4.69) is 55.2 Å². The van der Waals surface area contributed by atoms with Crippen molar-refractivity contribution in [2.45, 2.75) is 51.9 Å². The van der Waals surface area contributed by atoms with Crippen LogP contribution in [0.5, 0.6) is 0 Å². The highest BCUT2D eigenvalue weighted by Gasteiger charge is 2.21. The van der Waals surface area contributed by atoms with Crippen LogP contribution in [0.3, 0.4) is 0 Å². The molecule has 114 valence electrons. The van der Waals surface area contributed by atoms with E-state index in [9.17, 15) is 0 Å². The van der Waals surface area contributed by atoms with Crippen molar-refractivity contribution in [1.82, 2.24) is 15.1 Å². The van der Waals surface area contributed by atoms with Crippen LogP contribution in [0.2, 0.25) is 0 Å². The van der Waals surface area contributed by atoms with E-state index >= 15 is 0 Å². The van der Waals surface area contributed by atoms with E-state index in [-0.39, 0.29) is 0 Å². The number of likely N-dealkylation sites (tertiary alicyclic amines) is 1. The van der Waals surface area contributed by atoms with Crippen LogP contribution in [-0.4, -0.2) is 49.1 Å². The van der Waals surface area contributed by atoms with Crippen LogP contribution in [0.4, 0.5) is 0 Å². The predicted octanol–water partition coefficient (Wildman–Crippen LogP) is 2.30.